The maximum absolute atomic E-state index is 2.26. The van der Waals surface area contributed by atoms with Gasteiger partial charge in [-0.1, -0.05) is 55.8 Å². The second kappa shape index (κ2) is 5.59. The summed E-state index contributed by atoms with van der Waals surface area (Å²) in [5, 5.41) is 0. The Morgan fingerprint density at radius 1 is 1.08 bits per heavy atom. The largest absolute Gasteiger partial charge is 0.0882 e. The molecule has 1 rings (SSSR count). The number of rotatable bonds is 4. The Balaban J connectivity index is 2.33. The maximum atomic E-state index is 2.26. The third kappa shape index (κ3) is 3.38. The minimum atomic E-state index is 1.07. The molecule has 0 fully saturated rings. The van der Waals surface area contributed by atoms with Crippen LogP contribution in [0.4, 0.5) is 0 Å². The van der Waals surface area contributed by atoms with Crippen LogP contribution in [-0.2, 0) is 6.42 Å². The van der Waals surface area contributed by atoms with Gasteiger partial charge >= 0.3 is 0 Å². The van der Waals surface area contributed by atoms with E-state index in [1.165, 1.54) is 18.4 Å². The lowest BCUT2D eigenvalue weighted by molar-refractivity contribution is 0.953. The van der Waals surface area contributed by atoms with E-state index in [0.717, 1.165) is 6.42 Å². The molecule has 0 saturated heterocycles. The smallest absolute Gasteiger partial charge is 0.00975 e. The molecule has 0 saturated carbocycles. The molecular formula is C12H16. The summed E-state index contributed by atoms with van der Waals surface area (Å²) in [6, 6.07) is 10.6. The molecule has 12 heavy (non-hydrogen) atoms. The fraction of sp³-hybridized carbons (Fsp3) is 0.333. The van der Waals surface area contributed by atoms with Crippen LogP contribution in [0.3, 0.4) is 0 Å². The van der Waals surface area contributed by atoms with Crippen molar-refractivity contribution in [2.24, 2.45) is 0 Å². The monoisotopic (exact) mass is 160 g/mol. The lowest BCUT2D eigenvalue weighted by Gasteiger charge is -1.93. The Kier molecular flexibility index (Phi) is 4.22. The maximum Gasteiger partial charge on any atom is -0.00975 e. The number of hydrogen-bond donors (Lipinski definition) is 0. The first-order valence-corrected chi connectivity index (χ1v) is 4.62. The zero-order valence-electron chi connectivity index (χ0n) is 7.66. The van der Waals surface area contributed by atoms with Gasteiger partial charge in [0.05, 0.1) is 0 Å². The van der Waals surface area contributed by atoms with Crippen molar-refractivity contribution in [3.05, 3.63) is 48.0 Å². The van der Waals surface area contributed by atoms with Crippen molar-refractivity contribution in [1.82, 2.24) is 0 Å². The number of hydrogen-bond acceptors (Lipinski definition) is 0. The first-order chi connectivity index (χ1) is 5.93. The van der Waals surface area contributed by atoms with Crippen LogP contribution in [0.2, 0.25) is 0 Å². The van der Waals surface area contributed by atoms with Crippen LogP contribution in [0.25, 0.3) is 0 Å². The van der Waals surface area contributed by atoms with E-state index in [1.54, 1.807) is 0 Å². The van der Waals surface area contributed by atoms with Gasteiger partial charge in [0.25, 0.3) is 0 Å². The molecule has 0 aliphatic carbocycles. The van der Waals surface area contributed by atoms with Gasteiger partial charge in [0.1, 0.15) is 0 Å². The molecule has 0 spiro atoms. The van der Waals surface area contributed by atoms with Gasteiger partial charge in [0.2, 0.25) is 0 Å². The highest BCUT2D eigenvalue weighted by Gasteiger charge is 1.84. The molecule has 0 aliphatic heterocycles. The summed E-state index contributed by atoms with van der Waals surface area (Å²) in [6.07, 6.45) is 8.02. The van der Waals surface area contributed by atoms with Crippen molar-refractivity contribution in [3.63, 3.8) is 0 Å². The predicted molar refractivity (Wildman–Crippen MR) is 54.2 cm³/mol. The molecule has 0 heterocycles. The molecule has 0 nitrogen and oxygen atoms in total. The van der Waals surface area contributed by atoms with Crippen molar-refractivity contribution in [2.75, 3.05) is 0 Å². The molecule has 0 bridgehead atoms. The van der Waals surface area contributed by atoms with Gasteiger partial charge in [0, 0.05) is 0 Å². The van der Waals surface area contributed by atoms with E-state index in [4.69, 9.17) is 0 Å². The Morgan fingerprint density at radius 3 is 2.50 bits per heavy atom. The van der Waals surface area contributed by atoms with Crippen LogP contribution in [0.1, 0.15) is 25.3 Å². The van der Waals surface area contributed by atoms with E-state index in [2.05, 4.69) is 49.4 Å². The molecule has 0 aromatic heterocycles. The van der Waals surface area contributed by atoms with E-state index in [0.29, 0.717) is 0 Å². The highest BCUT2D eigenvalue weighted by atomic mass is 13.9. The van der Waals surface area contributed by atoms with Gasteiger partial charge in [-0.15, -0.1) is 0 Å². The fourth-order valence-electron chi connectivity index (χ4n) is 1.12. The second-order valence-corrected chi connectivity index (χ2v) is 2.95. The zero-order chi connectivity index (χ0) is 8.65. The average molecular weight is 160 g/mol. The molecule has 64 valence electrons. The third-order valence-electron chi connectivity index (χ3n) is 1.82. The van der Waals surface area contributed by atoms with Gasteiger partial charge in [-0.2, -0.15) is 0 Å². The predicted octanol–water partition coefficient (Wildman–Crippen LogP) is 3.59. The zero-order valence-corrected chi connectivity index (χ0v) is 7.66. The van der Waals surface area contributed by atoms with Crippen molar-refractivity contribution < 1.29 is 0 Å². The van der Waals surface area contributed by atoms with Crippen molar-refractivity contribution in [2.45, 2.75) is 26.2 Å². The molecule has 0 unspecified atom stereocenters. The van der Waals surface area contributed by atoms with Gasteiger partial charge in [0.15, 0.2) is 0 Å². The van der Waals surface area contributed by atoms with Crippen LogP contribution < -0.4 is 0 Å². The molecule has 1 aromatic carbocycles. The molecule has 0 atom stereocenters. The Hall–Kier alpha value is -1.04. The lowest BCUT2D eigenvalue weighted by Crippen LogP contribution is -1.77. The van der Waals surface area contributed by atoms with Crippen LogP contribution in [0.15, 0.2) is 42.5 Å². The highest BCUT2D eigenvalue weighted by molar-refractivity contribution is 5.17. The van der Waals surface area contributed by atoms with Gasteiger partial charge in [-0.25, -0.2) is 0 Å². The summed E-state index contributed by atoms with van der Waals surface area (Å²) in [5.41, 5.74) is 1.39. The topological polar surface area (TPSA) is 0 Å². The first kappa shape index (κ1) is 9.05. The third-order valence-corrected chi connectivity index (χ3v) is 1.82. The van der Waals surface area contributed by atoms with Crippen molar-refractivity contribution in [3.8, 4) is 0 Å². The van der Waals surface area contributed by atoms with Gasteiger partial charge in [-0.05, 0) is 18.4 Å². The van der Waals surface area contributed by atoms with E-state index in [9.17, 15) is 0 Å². The summed E-state index contributed by atoms with van der Waals surface area (Å²) < 4.78 is 0. The second-order valence-electron chi connectivity index (χ2n) is 2.95. The summed E-state index contributed by atoms with van der Waals surface area (Å²) >= 11 is 0. The molecular weight excluding hydrogens is 144 g/mol. The average Bonchev–Trinajstić information content (AvgIpc) is 2.14. The minimum absolute atomic E-state index is 1.07. The summed E-state index contributed by atoms with van der Waals surface area (Å²) in [7, 11) is 0. The van der Waals surface area contributed by atoms with Crippen molar-refractivity contribution >= 4 is 0 Å². The van der Waals surface area contributed by atoms with Crippen LogP contribution >= 0.6 is 0 Å². The molecule has 0 radical (unpaired) electrons. The summed E-state index contributed by atoms with van der Waals surface area (Å²) in [4.78, 5) is 0. The quantitative estimate of drug-likeness (QED) is 0.590. The summed E-state index contributed by atoms with van der Waals surface area (Å²) in [5.74, 6) is 0. The van der Waals surface area contributed by atoms with Gasteiger partial charge < -0.3 is 0 Å². The Morgan fingerprint density at radius 2 is 1.83 bits per heavy atom. The first-order valence-electron chi connectivity index (χ1n) is 4.62. The highest BCUT2D eigenvalue weighted by Crippen LogP contribution is 2.00. The Bertz CT molecular complexity index is 221. The van der Waals surface area contributed by atoms with Crippen LogP contribution in [0, 0.1) is 0 Å². The normalized spacial score (nSPS) is 10.8. The molecule has 0 aliphatic rings. The van der Waals surface area contributed by atoms with Crippen molar-refractivity contribution in [1.29, 1.82) is 0 Å². The van der Waals surface area contributed by atoms with E-state index >= 15 is 0 Å². The molecule has 1 aromatic rings. The SMILES string of the molecule is CCC/C=C/Cc1ccccc1. The fourth-order valence-corrected chi connectivity index (χ4v) is 1.12. The van der Waals surface area contributed by atoms with Crippen LogP contribution in [-0.4, -0.2) is 0 Å². The van der Waals surface area contributed by atoms with E-state index in [1.807, 2.05) is 0 Å². The van der Waals surface area contributed by atoms with E-state index < -0.39 is 0 Å². The van der Waals surface area contributed by atoms with E-state index in [-0.39, 0.29) is 0 Å². The Labute approximate surface area is 74.9 Å². The standard InChI is InChI=1S/C12H16/c1-2-3-4-6-9-12-10-7-5-8-11-12/h4-8,10-11H,2-3,9H2,1H3/b6-4+. The summed E-state index contributed by atoms with van der Waals surface area (Å²) in [6.45, 7) is 2.20. The number of unbranched alkanes of at least 4 members (excludes halogenated alkanes) is 1. The van der Waals surface area contributed by atoms with Crippen LogP contribution in [0.5, 0.6) is 0 Å². The molecule has 0 N–H and O–H groups in total. The lowest BCUT2D eigenvalue weighted by atomic mass is 10.1. The minimum Gasteiger partial charge on any atom is -0.0882 e. The van der Waals surface area contributed by atoms with Gasteiger partial charge in [-0.3, -0.25) is 0 Å². The molecule has 0 amide bonds. The molecule has 0 heteroatoms. The number of allylic oxidation sites excluding steroid dienone is 2. The number of benzene rings is 1.